The van der Waals surface area contributed by atoms with Gasteiger partial charge in [0.25, 0.3) is 0 Å². The first kappa shape index (κ1) is 15.9. The number of methoxy groups -OCH3 is 1. The molecule has 0 aliphatic heterocycles. The van der Waals surface area contributed by atoms with E-state index in [4.69, 9.17) is 4.74 Å². The second-order valence-electron chi connectivity index (χ2n) is 5.60. The molecular weight excluding hydrogens is 290 g/mol. The van der Waals surface area contributed by atoms with Crippen LogP contribution < -0.4 is 5.32 Å². The van der Waals surface area contributed by atoms with Gasteiger partial charge in [-0.15, -0.1) is 0 Å². The standard InChI is InChI=1S/C14H21N3O3S/c1-9-13(10(2)17-16-9)15-11(18)7-21-8-14(4-5-14)6-12(19)20-3/h4-8H2,1-3H3,(H,15,18)(H,16,17). The Morgan fingerprint density at radius 3 is 2.67 bits per heavy atom. The molecule has 0 unspecified atom stereocenters. The molecule has 0 radical (unpaired) electrons. The summed E-state index contributed by atoms with van der Waals surface area (Å²) in [5, 5.41) is 9.75. The smallest absolute Gasteiger partial charge is 0.306 e. The Labute approximate surface area is 128 Å². The summed E-state index contributed by atoms with van der Waals surface area (Å²) in [5.41, 5.74) is 2.46. The lowest BCUT2D eigenvalue weighted by molar-refractivity contribution is -0.141. The summed E-state index contributed by atoms with van der Waals surface area (Å²) in [6, 6.07) is 0. The second kappa shape index (κ2) is 6.51. The molecule has 6 nitrogen and oxygen atoms in total. The zero-order valence-electron chi connectivity index (χ0n) is 12.6. The predicted molar refractivity (Wildman–Crippen MR) is 82.3 cm³/mol. The van der Waals surface area contributed by atoms with Gasteiger partial charge in [-0.3, -0.25) is 14.7 Å². The largest absolute Gasteiger partial charge is 0.469 e. The van der Waals surface area contributed by atoms with E-state index < -0.39 is 0 Å². The summed E-state index contributed by atoms with van der Waals surface area (Å²) >= 11 is 1.57. The Bertz CT molecular complexity index is 518. The third-order valence-electron chi connectivity index (χ3n) is 3.74. The molecule has 1 saturated carbocycles. The molecule has 0 saturated heterocycles. The molecule has 1 heterocycles. The molecule has 0 aromatic carbocycles. The third-order valence-corrected chi connectivity index (χ3v) is 5.02. The Balaban J connectivity index is 1.74. The highest BCUT2D eigenvalue weighted by atomic mass is 32.2. The van der Waals surface area contributed by atoms with Crippen LogP contribution in [0.4, 0.5) is 5.69 Å². The van der Waals surface area contributed by atoms with Crippen LogP contribution in [0.3, 0.4) is 0 Å². The Morgan fingerprint density at radius 2 is 2.14 bits per heavy atom. The third kappa shape index (κ3) is 4.23. The van der Waals surface area contributed by atoms with E-state index in [1.807, 2.05) is 13.8 Å². The molecule has 7 heteroatoms. The van der Waals surface area contributed by atoms with Gasteiger partial charge in [0, 0.05) is 0 Å². The fourth-order valence-electron chi connectivity index (χ4n) is 2.20. The van der Waals surface area contributed by atoms with Crippen LogP contribution in [0.2, 0.25) is 0 Å². The molecule has 0 spiro atoms. The van der Waals surface area contributed by atoms with Crippen molar-refractivity contribution in [2.45, 2.75) is 33.1 Å². The number of amides is 1. The lowest BCUT2D eigenvalue weighted by Gasteiger charge is -2.13. The van der Waals surface area contributed by atoms with Crippen molar-refractivity contribution < 1.29 is 14.3 Å². The van der Waals surface area contributed by atoms with Crippen molar-refractivity contribution in [3.8, 4) is 0 Å². The molecule has 116 valence electrons. The maximum atomic E-state index is 11.9. The van der Waals surface area contributed by atoms with Gasteiger partial charge >= 0.3 is 5.97 Å². The number of carbonyl (C=O) groups excluding carboxylic acids is 2. The molecule has 1 aromatic rings. The van der Waals surface area contributed by atoms with Crippen molar-refractivity contribution in [3.63, 3.8) is 0 Å². The maximum absolute atomic E-state index is 11.9. The number of hydrogen-bond acceptors (Lipinski definition) is 5. The van der Waals surface area contributed by atoms with Crippen molar-refractivity contribution in [2.24, 2.45) is 5.41 Å². The molecule has 2 rings (SSSR count). The van der Waals surface area contributed by atoms with Crippen LogP contribution in [0.1, 0.15) is 30.7 Å². The summed E-state index contributed by atoms with van der Waals surface area (Å²) in [5.74, 6) is 0.995. The number of nitrogens with zero attached hydrogens (tertiary/aromatic N) is 1. The highest BCUT2D eigenvalue weighted by Crippen LogP contribution is 2.51. The maximum Gasteiger partial charge on any atom is 0.306 e. The highest BCUT2D eigenvalue weighted by molar-refractivity contribution is 8.00. The summed E-state index contributed by atoms with van der Waals surface area (Å²) in [7, 11) is 1.41. The first-order valence-electron chi connectivity index (χ1n) is 6.92. The predicted octanol–water partition coefficient (Wildman–Crippen LogP) is 2.04. The van der Waals surface area contributed by atoms with Gasteiger partial charge in [-0.05, 0) is 37.9 Å². The van der Waals surface area contributed by atoms with Crippen LogP contribution in [0.5, 0.6) is 0 Å². The first-order valence-corrected chi connectivity index (χ1v) is 8.07. The molecular formula is C14H21N3O3S. The lowest BCUT2D eigenvalue weighted by atomic mass is 10.1. The highest BCUT2D eigenvalue weighted by Gasteiger charge is 2.44. The Hall–Kier alpha value is -1.50. The van der Waals surface area contributed by atoms with E-state index in [-0.39, 0.29) is 17.3 Å². The average Bonchev–Trinajstić information content (AvgIpc) is 3.14. The van der Waals surface area contributed by atoms with E-state index in [0.717, 1.165) is 35.7 Å². The van der Waals surface area contributed by atoms with Crippen LogP contribution >= 0.6 is 11.8 Å². The van der Waals surface area contributed by atoms with E-state index in [0.29, 0.717) is 12.2 Å². The molecule has 1 aliphatic rings. The van der Waals surface area contributed by atoms with Crippen molar-refractivity contribution in [2.75, 3.05) is 23.9 Å². The van der Waals surface area contributed by atoms with Crippen LogP contribution in [0.15, 0.2) is 0 Å². The number of nitrogens with one attached hydrogen (secondary N) is 2. The van der Waals surface area contributed by atoms with Crippen molar-refractivity contribution in [1.82, 2.24) is 10.2 Å². The minimum absolute atomic E-state index is 0.0403. The zero-order valence-corrected chi connectivity index (χ0v) is 13.4. The molecule has 1 aromatic heterocycles. The molecule has 1 fully saturated rings. The van der Waals surface area contributed by atoms with Gasteiger partial charge < -0.3 is 10.1 Å². The van der Waals surface area contributed by atoms with E-state index in [1.165, 1.54) is 7.11 Å². The van der Waals surface area contributed by atoms with E-state index in [1.54, 1.807) is 11.8 Å². The van der Waals surface area contributed by atoms with Crippen LogP contribution in [-0.2, 0) is 14.3 Å². The number of anilines is 1. The van der Waals surface area contributed by atoms with Gasteiger partial charge in [0.2, 0.25) is 5.91 Å². The number of aryl methyl sites for hydroxylation is 2. The monoisotopic (exact) mass is 311 g/mol. The summed E-state index contributed by atoms with van der Waals surface area (Å²) in [6.07, 6.45) is 2.53. The van der Waals surface area contributed by atoms with E-state index in [2.05, 4.69) is 15.5 Å². The lowest BCUT2D eigenvalue weighted by Crippen LogP contribution is -2.18. The molecule has 2 N–H and O–H groups in total. The number of rotatable bonds is 7. The van der Waals surface area contributed by atoms with Crippen LogP contribution in [-0.4, -0.2) is 40.7 Å². The average molecular weight is 311 g/mol. The van der Waals surface area contributed by atoms with Crippen molar-refractivity contribution in [1.29, 1.82) is 0 Å². The van der Waals surface area contributed by atoms with E-state index >= 15 is 0 Å². The summed E-state index contributed by atoms with van der Waals surface area (Å²) < 4.78 is 4.71. The number of carbonyl (C=O) groups is 2. The first-order chi connectivity index (χ1) is 9.96. The van der Waals surface area contributed by atoms with Gasteiger partial charge in [0.1, 0.15) is 0 Å². The number of aromatic nitrogens is 2. The Kier molecular flexibility index (Phi) is 4.92. The molecule has 1 amide bonds. The van der Waals surface area contributed by atoms with Gasteiger partial charge in [-0.2, -0.15) is 16.9 Å². The number of esters is 1. The van der Waals surface area contributed by atoms with Crippen LogP contribution in [0, 0.1) is 19.3 Å². The topological polar surface area (TPSA) is 84.1 Å². The fourth-order valence-corrected chi connectivity index (χ4v) is 3.38. The van der Waals surface area contributed by atoms with Gasteiger partial charge in [-0.25, -0.2) is 0 Å². The second-order valence-corrected chi connectivity index (χ2v) is 6.59. The van der Waals surface area contributed by atoms with Gasteiger partial charge in [-0.1, -0.05) is 0 Å². The normalized spacial score (nSPS) is 15.6. The van der Waals surface area contributed by atoms with Crippen molar-refractivity contribution in [3.05, 3.63) is 11.4 Å². The molecule has 0 bridgehead atoms. The minimum Gasteiger partial charge on any atom is -0.469 e. The molecule has 0 atom stereocenters. The SMILES string of the molecule is COC(=O)CC1(CSCC(=O)Nc2c(C)n[nH]c2C)CC1. The van der Waals surface area contributed by atoms with Crippen molar-refractivity contribution >= 4 is 29.3 Å². The summed E-state index contributed by atoms with van der Waals surface area (Å²) in [6.45, 7) is 3.72. The number of hydrogen-bond donors (Lipinski definition) is 2. The molecule has 21 heavy (non-hydrogen) atoms. The summed E-state index contributed by atoms with van der Waals surface area (Å²) in [4.78, 5) is 23.3. The fraction of sp³-hybridized carbons (Fsp3) is 0.643. The quantitative estimate of drug-likeness (QED) is 0.753. The van der Waals surface area contributed by atoms with Gasteiger partial charge in [0.15, 0.2) is 0 Å². The van der Waals surface area contributed by atoms with E-state index in [9.17, 15) is 9.59 Å². The number of H-pyrrole nitrogens is 1. The van der Waals surface area contributed by atoms with Gasteiger partial charge in [0.05, 0.1) is 36.4 Å². The van der Waals surface area contributed by atoms with Crippen LogP contribution in [0.25, 0.3) is 0 Å². The Morgan fingerprint density at radius 1 is 1.43 bits per heavy atom. The number of aromatic amines is 1. The minimum atomic E-state index is -0.165. The molecule has 1 aliphatic carbocycles. The number of thioether (sulfide) groups is 1. The zero-order chi connectivity index (χ0) is 15.5. The number of ether oxygens (including phenoxy) is 1.